The molecule has 170 valence electrons. The van der Waals surface area contributed by atoms with Gasteiger partial charge in [0.15, 0.2) is 0 Å². The summed E-state index contributed by atoms with van der Waals surface area (Å²) in [5.74, 6) is 0.0273. The highest BCUT2D eigenvalue weighted by Crippen LogP contribution is 2.39. The molecule has 0 spiro atoms. The van der Waals surface area contributed by atoms with E-state index in [2.05, 4.69) is 15.1 Å². The van der Waals surface area contributed by atoms with Crippen molar-refractivity contribution in [2.75, 3.05) is 32.8 Å². The van der Waals surface area contributed by atoms with Crippen molar-refractivity contribution in [3.8, 4) is 5.75 Å². The first kappa shape index (κ1) is 23.3. The van der Waals surface area contributed by atoms with Gasteiger partial charge in [0.25, 0.3) is 0 Å². The number of halogens is 4. The zero-order valence-corrected chi connectivity index (χ0v) is 17.3. The number of nitrogens with zero attached hydrogens (tertiary/aromatic N) is 3. The predicted molar refractivity (Wildman–Crippen MR) is 102 cm³/mol. The minimum absolute atomic E-state index is 0.207. The van der Waals surface area contributed by atoms with Crippen LogP contribution in [0.1, 0.15) is 17.7 Å². The van der Waals surface area contributed by atoms with Gasteiger partial charge >= 0.3 is 12.1 Å². The van der Waals surface area contributed by atoms with E-state index in [1.54, 1.807) is 0 Å². The minimum Gasteiger partial charge on any atom is -0.492 e. The number of rotatable bonds is 5. The lowest BCUT2D eigenvalue weighted by molar-refractivity contribution is -0.192. The van der Waals surface area contributed by atoms with Gasteiger partial charge in [-0.2, -0.15) is 13.2 Å². The highest BCUT2D eigenvalue weighted by atomic mass is 35.5. The van der Waals surface area contributed by atoms with Gasteiger partial charge in [-0.3, -0.25) is 4.90 Å². The smallest absolute Gasteiger partial charge is 0.490 e. The van der Waals surface area contributed by atoms with Crippen LogP contribution in [0.15, 0.2) is 28.7 Å². The molecular weight excluding hydrogens is 443 g/mol. The molecule has 1 aromatic heterocycles. The van der Waals surface area contributed by atoms with E-state index in [4.69, 9.17) is 35.4 Å². The van der Waals surface area contributed by atoms with E-state index in [0.717, 1.165) is 25.4 Å². The van der Waals surface area contributed by atoms with Crippen molar-refractivity contribution in [2.45, 2.75) is 25.1 Å². The number of aryl methyl sites for hydroxylation is 1. The number of alkyl halides is 3. The Morgan fingerprint density at radius 2 is 1.97 bits per heavy atom. The van der Waals surface area contributed by atoms with E-state index in [1.807, 2.05) is 31.2 Å². The van der Waals surface area contributed by atoms with Crippen molar-refractivity contribution in [1.82, 2.24) is 15.1 Å². The molecule has 2 aromatic rings. The van der Waals surface area contributed by atoms with Crippen molar-refractivity contribution in [3.05, 3.63) is 41.1 Å². The Morgan fingerprint density at radius 1 is 1.29 bits per heavy atom. The largest absolute Gasteiger partial charge is 0.492 e. The molecule has 0 amide bonds. The van der Waals surface area contributed by atoms with Gasteiger partial charge in [0.05, 0.1) is 18.6 Å². The molecule has 3 atom stereocenters. The van der Waals surface area contributed by atoms with E-state index in [9.17, 15) is 13.2 Å². The molecule has 1 aromatic carbocycles. The Bertz CT molecular complexity index is 877. The molecule has 2 fully saturated rings. The fourth-order valence-corrected chi connectivity index (χ4v) is 3.64. The Morgan fingerprint density at radius 3 is 2.55 bits per heavy atom. The third-order valence-corrected chi connectivity index (χ3v) is 5.23. The number of fused-ring (bicyclic) bond motifs is 1. The minimum atomic E-state index is -5.08. The van der Waals surface area contributed by atoms with Crippen LogP contribution in [0.25, 0.3) is 0 Å². The number of aromatic nitrogens is 2. The lowest BCUT2D eigenvalue weighted by Gasteiger charge is -2.18. The van der Waals surface area contributed by atoms with Crippen LogP contribution in [-0.4, -0.2) is 71.3 Å². The predicted octanol–water partition coefficient (Wildman–Crippen LogP) is 3.16. The summed E-state index contributed by atoms with van der Waals surface area (Å²) in [4.78, 5) is 11.3. The van der Waals surface area contributed by atoms with Gasteiger partial charge < -0.3 is 19.0 Å². The van der Waals surface area contributed by atoms with Crippen molar-refractivity contribution in [2.24, 2.45) is 5.92 Å². The number of carboxylic acids is 1. The maximum absolute atomic E-state index is 10.6. The van der Waals surface area contributed by atoms with Crippen LogP contribution in [0, 0.1) is 12.8 Å². The van der Waals surface area contributed by atoms with Crippen molar-refractivity contribution >= 4 is 17.6 Å². The Kier molecular flexibility index (Phi) is 7.39. The van der Waals surface area contributed by atoms with Gasteiger partial charge in [0.2, 0.25) is 11.8 Å². The average Bonchev–Trinajstić information content (AvgIpc) is 3.39. The van der Waals surface area contributed by atoms with E-state index in [0.29, 0.717) is 35.9 Å². The zero-order chi connectivity index (χ0) is 22.6. The summed E-state index contributed by atoms with van der Waals surface area (Å²) in [6.07, 6.45) is -4.84. The maximum Gasteiger partial charge on any atom is 0.490 e. The molecular formula is C19H21ClF3N3O5. The summed E-state index contributed by atoms with van der Waals surface area (Å²) in [6, 6.07) is 7.44. The van der Waals surface area contributed by atoms with Crippen LogP contribution >= 0.6 is 11.6 Å². The fourth-order valence-electron chi connectivity index (χ4n) is 3.52. The molecule has 8 nitrogen and oxygen atoms in total. The van der Waals surface area contributed by atoms with Crippen LogP contribution in [0.5, 0.6) is 5.75 Å². The number of ether oxygens (including phenoxy) is 2. The third kappa shape index (κ3) is 6.31. The summed E-state index contributed by atoms with van der Waals surface area (Å²) in [7, 11) is 0. The molecule has 0 aliphatic carbocycles. The second-order valence-electron chi connectivity index (χ2n) is 7.17. The number of hydrogen-bond donors (Lipinski definition) is 1. The van der Waals surface area contributed by atoms with Crippen molar-refractivity contribution in [1.29, 1.82) is 0 Å². The molecule has 0 unspecified atom stereocenters. The van der Waals surface area contributed by atoms with Crippen LogP contribution in [0.3, 0.4) is 0 Å². The van der Waals surface area contributed by atoms with Gasteiger partial charge in [-0.25, -0.2) is 4.79 Å². The van der Waals surface area contributed by atoms with Crippen molar-refractivity contribution in [3.63, 3.8) is 0 Å². The Hall–Kier alpha value is -2.37. The summed E-state index contributed by atoms with van der Waals surface area (Å²) in [5.41, 5.74) is 0. The van der Waals surface area contributed by atoms with Crippen molar-refractivity contribution < 1.29 is 37.0 Å². The van der Waals surface area contributed by atoms with Gasteiger partial charge in [-0.15, -0.1) is 10.2 Å². The van der Waals surface area contributed by atoms with E-state index in [1.165, 1.54) is 0 Å². The number of aliphatic carboxylic acids is 1. The average molecular weight is 464 g/mol. The molecule has 0 bridgehead atoms. The zero-order valence-electron chi connectivity index (χ0n) is 16.5. The van der Waals surface area contributed by atoms with Gasteiger partial charge in [-0.1, -0.05) is 11.6 Å². The van der Waals surface area contributed by atoms with E-state index >= 15 is 0 Å². The van der Waals surface area contributed by atoms with Crippen LogP contribution < -0.4 is 4.74 Å². The summed E-state index contributed by atoms with van der Waals surface area (Å²) < 4.78 is 49.1. The standard InChI is InChI=1S/C17H20ClN3O3.C2HF3O2/c1-11-19-20-17(24-11)15-10-23-16-9-21(8-14(15)16)6-7-22-13-4-2-12(18)3-5-13;3-2(4,5)1(6)7/h2-5,14-16H,6-10H2,1H3;(H,6,7)/t14-,15-,16-;/m1./s1. The topological polar surface area (TPSA) is 97.9 Å². The van der Waals surface area contributed by atoms with Gasteiger partial charge in [0.1, 0.15) is 12.4 Å². The molecule has 0 radical (unpaired) electrons. The number of benzene rings is 1. The number of hydrogen-bond acceptors (Lipinski definition) is 7. The monoisotopic (exact) mass is 463 g/mol. The molecule has 2 saturated heterocycles. The number of carboxylic acid groups (broad SMARTS) is 1. The molecule has 2 aliphatic rings. The first-order valence-electron chi connectivity index (χ1n) is 9.46. The van der Waals surface area contributed by atoms with Crippen LogP contribution in [0.4, 0.5) is 13.2 Å². The molecule has 3 heterocycles. The summed E-state index contributed by atoms with van der Waals surface area (Å²) in [6.45, 7) is 5.91. The molecule has 2 aliphatic heterocycles. The van der Waals surface area contributed by atoms with Crippen LogP contribution in [0.2, 0.25) is 5.02 Å². The first-order chi connectivity index (χ1) is 14.6. The molecule has 31 heavy (non-hydrogen) atoms. The van der Waals surface area contributed by atoms with E-state index < -0.39 is 12.1 Å². The molecule has 1 N–H and O–H groups in total. The highest BCUT2D eigenvalue weighted by Gasteiger charge is 2.46. The number of likely N-dealkylation sites (tertiary alicyclic amines) is 1. The SMILES string of the molecule is Cc1nnc([C@@H]2CO[C@@H]3CN(CCOc4ccc(Cl)cc4)C[C@@H]32)o1.O=C(O)C(F)(F)F. The quantitative estimate of drug-likeness (QED) is 0.722. The summed E-state index contributed by atoms with van der Waals surface area (Å²) in [5, 5.41) is 16.0. The first-order valence-corrected chi connectivity index (χ1v) is 9.83. The number of carbonyl (C=O) groups is 1. The third-order valence-electron chi connectivity index (χ3n) is 4.98. The van der Waals surface area contributed by atoms with Gasteiger partial charge in [-0.05, 0) is 24.3 Å². The lowest BCUT2D eigenvalue weighted by Crippen LogP contribution is -2.28. The van der Waals surface area contributed by atoms with Crippen LogP contribution in [-0.2, 0) is 9.53 Å². The molecule has 0 saturated carbocycles. The van der Waals surface area contributed by atoms with Gasteiger partial charge in [0, 0.05) is 37.5 Å². The Labute approximate surface area is 180 Å². The fraction of sp³-hybridized carbons (Fsp3) is 0.526. The highest BCUT2D eigenvalue weighted by molar-refractivity contribution is 6.30. The second kappa shape index (κ2) is 9.84. The summed E-state index contributed by atoms with van der Waals surface area (Å²) >= 11 is 5.87. The molecule has 12 heteroatoms. The van der Waals surface area contributed by atoms with E-state index in [-0.39, 0.29) is 12.0 Å². The Balaban J connectivity index is 0.000000339. The second-order valence-corrected chi connectivity index (χ2v) is 7.60. The lowest BCUT2D eigenvalue weighted by atomic mass is 9.93. The molecule has 4 rings (SSSR count). The normalized spacial score (nSPS) is 23.2. The maximum atomic E-state index is 10.6.